The summed E-state index contributed by atoms with van der Waals surface area (Å²) in [4.78, 5) is 11.5. The van der Waals surface area contributed by atoms with Gasteiger partial charge in [0.2, 0.25) is 0 Å². The molecule has 0 aromatic heterocycles. The molecule has 100 valence electrons. The molecular formula is C18H16O2. The van der Waals surface area contributed by atoms with Gasteiger partial charge in [0.15, 0.2) is 0 Å². The lowest BCUT2D eigenvalue weighted by Gasteiger charge is -1.97. The minimum absolute atomic E-state index is 0.271. The van der Waals surface area contributed by atoms with Gasteiger partial charge in [0.05, 0.1) is 0 Å². The van der Waals surface area contributed by atoms with E-state index in [0.29, 0.717) is 0 Å². The summed E-state index contributed by atoms with van der Waals surface area (Å²) in [6, 6.07) is 19.5. The number of ether oxygens (including phenoxy) is 1. The Morgan fingerprint density at radius 1 is 0.850 bits per heavy atom. The summed E-state index contributed by atoms with van der Waals surface area (Å²) in [7, 11) is 0. The second-order valence-electron chi connectivity index (χ2n) is 4.19. The Bertz CT molecular complexity index is 583. The maximum absolute atomic E-state index is 11.5. The van der Waals surface area contributed by atoms with Crippen molar-refractivity contribution >= 4 is 18.1 Å². The van der Waals surface area contributed by atoms with Crippen LogP contribution in [0.4, 0.5) is 0 Å². The summed E-state index contributed by atoms with van der Waals surface area (Å²) in [5.41, 5.74) is 2.06. The van der Waals surface area contributed by atoms with Crippen LogP contribution in [0.1, 0.15) is 11.1 Å². The van der Waals surface area contributed by atoms with Crippen molar-refractivity contribution < 1.29 is 9.53 Å². The van der Waals surface area contributed by atoms with Gasteiger partial charge in [-0.25, -0.2) is 4.79 Å². The lowest BCUT2D eigenvalue weighted by molar-refractivity contribution is -0.136. The van der Waals surface area contributed by atoms with Crippen molar-refractivity contribution in [3.63, 3.8) is 0 Å². The molecule has 2 heteroatoms. The molecule has 0 saturated carbocycles. The molecule has 20 heavy (non-hydrogen) atoms. The lowest BCUT2D eigenvalue weighted by atomic mass is 10.2. The normalized spacial score (nSPS) is 11.0. The van der Waals surface area contributed by atoms with Crippen LogP contribution in [0.5, 0.6) is 0 Å². The number of benzene rings is 2. The lowest BCUT2D eigenvalue weighted by Crippen LogP contribution is -1.99. The van der Waals surface area contributed by atoms with Gasteiger partial charge in [0.25, 0.3) is 0 Å². The summed E-state index contributed by atoms with van der Waals surface area (Å²) in [5, 5.41) is 0. The standard InChI is InChI=1S/C18H16O2/c19-18(14-13-17-10-5-2-6-11-17)20-15-7-12-16-8-3-1-4-9-16/h1-14H,15H2/b12-7+,14-13+/i19+2. The molecule has 0 bridgehead atoms. The average molecular weight is 266 g/mol. The molecule has 0 aliphatic rings. The zero-order valence-corrected chi connectivity index (χ0v) is 11.1. The average Bonchev–Trinajstić information content (AvgIpc) is 2.52. The van der Waals surface area contributed by atoms with Crippen molar-refractivity contribution in [1.82, 2.24) is 0 Å². The van der Waals surface area contributed by atoms with E-state index in [9.17, 15) is 4.79 Å². The first-order valence-electron chi connectivity index (χ1n) is 6.46. The van der Waals surface area contributed by atoms with Crippen molar-refractivity contribution in [1.29, 1.82) is 0 Å². The first-order valence-corrected chi connectivity index (χ1v) is 6.46. The van der Waals surface area contributed by atoms with E-state index in [-0.39, 0.29) is 12.6 Å². The summed E-state index contributed by atoms with van der Waals surface area (Å²) in [6.45, 7) is 0.271. The highest BCUT2D eigenvalue weighted by atomic mass is 18.1. The highest BCUT2D eigenvalue weighted by Crippen LogP contribution is 2.02. The van der Waals surface area contributed by atoms with E-state index in [1.54, 1.807) is 6.08 Å². The van der Waals surface area contributed by atoms with Crippen LogP contribution in [0.3, 0.4) is 0 Å². The molecule has 0 amide bonds. The number of esters is 1. The zero-order chi connectivity index (χ0) is 14.0. The van der Waals surface area contributed by atoms with E-state index >= 15 is 0 Å². The summed E-state index contributed by atoms with van der Waals surface area (Å²) in [5.74, 6) is -0.341. The minimum atomic E-state index is -0.341. The molecule has 2 aromatic rings. The highest BCUT2D eigenvalue weighted by molar-refractivity contribution is 5.87. The Morgan fingerprint density at radius 3 is 2.00 bits per heavy atom. The monoisotopic (exact) mass is 266 g/mol. The second-order valence-corrected chi connectivity index (χ2v) is 4.19. The predicted molar refractivity (Wildman–Crippen MR) is 81.9 cm³/mol. The molecule has 0 aliphatic carbocycles. The van der Waals surface area contributed by atoms with E-state index < -0.39 is 0 Å². The Balaban J connectivity index is 1.76. The molecular weight excluding hydrogens is 250 g/mol. The van der Waals surface area contributed by atoms with Crippen molar-refractivity contribution in [2.45, 2.75) is 0 Å². The Labute approximate surface area is 119 Å². The molecule has 0 saturated heterocycles. The molecule has 0 radical (unpaired) electrons. The largest absolute Gasteiger partial charge is 0.458 e. The fourth-order valence-electron chi connectivity index (χ4n) is 1.66. The smallest absolute Gasteiger partial charge is 0.331 e. The van der Waals surface area contributed by atoms with Gasteiger partial charge in [0, 0.05) is 6.08 Å². The van der Waals surface area contributed by atoms with Gasteiger partial charge in [-0.05, 0) is 23.3 Å². The number of carbonyl (C=O) groups is 1. The van der Waals surface area contributed by atoms with Crippen molar-refractivity contribution in [2.75, 3.05) is 6.61 Å². The van der Waals surface area contributed by atoms with Crippen molar-refractivity contribution in [3.8, 4) is 0 Å². The number of carbonyl (C=O) groups excluding carboxylic acids is 1. The van der Waals surface area contributed by atoms with E-state index in [2.05, 4.69) is 0 Å². The molecule has 0 heterocycles. The highest BCUT2D eigenvalue weighted by Gasteiger charge is 1.94. The van der Waals surface area contributed by atoms with E-state index in [4.69, 9.17) is 4.74 Å². The molecule has 2 rings (SSSR count). The third kappa shape index (κ3) is 4.94. The molecule has 0 aliphatic heterocycles. The maximum atomic E-state index is 11.5. The van der Waals surface area contributed by atoms with E-state index in [0.717, 1.165) is 11.1 Å². The Hall–Kier alpha value is -2.61. The quantitative estimate of drug-likeness (QED) is 0.465. The van der Waals surface area contributed by atoms with Crippen LogP contribution >= 0.6 is 0 Å². The molecule has 0 unspecified atom stereocenters. The first-order chi connectivity index (χ1) is 9.84. The molecule has 0 spiro atoms. The van der Waals surface area contributed by atoms with Gasteiger partial charge in [-0.1, -0.05) is 66.7 Å². The molecule has 2 aromatic carbocycles. The topological polar surface area (TPSA) is 26.3 Å². The fraction of sp³-hybridized carbons (Fsp3) is 0.0556. The minimum Gasteiger partial charge on any atom is -0.458 e. The van der Waals surface area contributed by atoms with Crippen LogP contribution in [0.25, 0.3) is 12.2 Å². The SMILES string of the molecule is [18O]=C(/C=C/c1ccccc1)OC/C=C/c1ccccc1. The van der Waals surface area contributed by atoms with Crippen LogP contribution in [-0.4, -0.2) is 12.6 Å². The van der Waals surface area contributed by atoms with Gasteiger partial charge in [-0.15, -0.1) is 0 Å². The Morgan fingerprint density at radius 2 is 1.40 bits per heavy atom. The molecule has 0 fully saturated rings. The third-order valence-electron chi connectivity index (χ3n) is 2.64. The van der Waals surface area contributed by atoms with Crippen LogP contribution in [-0.2, 0) is 9.53 Å². The van der Waals surface area contributed by atoms with Crippen LogP contribution < -0.4 is 0 Å². The summed E-state index contributed by atoms with van der Waals surface area (Å²) >= 11 is 0. The molecule has 2 nitrogen and oxygen atoms in total. The van der Waals surface area contributed by atoms with Crippen LogP contribution in [0, 0.1) is 0 Å². The zero-order valence-electron chi connectivity index (χ0n) is 11.1. The third-order valence-corrected chi connectivity index (χ3v) is 2.64. The van der Waals surface area contributed by atoms with E-state index in [1.807, 2.05) is 72.8 Å². The van der Waals surface area contributed by atoms with Crippen molar-refractivity contribution in [3.05, 3.63) is 83.9 Å². The molecule has 0 N–H and O–H groups in total. The van der Waals surface area contributed by atoms with Gasteiger partial charge in [-0.3, -0.25) is 0 Å². The summed E-state index contributed by atoms with van der Waals surface area (Å²) < 4.78 is 5.07. The van der Waals surface area contributed by atoms with Gasteiger partial charge in [-0.2, -0.15) is 0 Å². The van der Waals surface area contributed by atoms with Gasteiger partial charge >= 0.3 is 5.97 Å². The fourth-order valence-corrected chi connectivity index (χ4v) is 1.66. The maximum Gasteiger partial charge on any atom is 0.331 e. The molecule has 0 atom stereocenters. The van der Waals surface area contributed by atoms with Gasteiger partial charge in [0.1, 0.15) is 6.61 Å². The van der Waals surface area contributed by atoms with Crippen LogP contribution in [0.2, 0.25) is 0 Å². The van der Waals surface area contributed by atoms with E-state index in [1.165, 1.54) is 6.08 Å². The number of hydrogen-bond acceptors (Lipinski definition) is 2. The van der Waals surface area contributed by atoms with Gasteiger partial charge < -0.3 is 4.74 Å². The van der Waals surface area contributed by atoms with Crippen molar-refractivity contribution in [2.24, 2.45) is 0 Å². The first kappa shape index (κ1) is 13.8. The number of rotatable bonds is 5. The second kappa shape index (κ2) is 7.74. The Kier molecular flexibility index (Phi) is 5.35. The summed E-state index contributed by atoms with van der Waals surface area (Å²) in [6.07, 6.45) is 6.92. The van der Waals surface area contributed by atoms with Crippen LogP contribution in [0.15, 0.2) is 72.8 Å². The number of hydrogen-bond donors (Lipinski definition) is 0. The predicted octanol–water partition coefficient (Wildman–Crippen LogP) is 3.96.